The van der Waals surface area contributed by atoms with Gasteiger partial charge < -0.3 is 15.2 Å². The second-order valence-corrected chi connectivity index (χ2v) is 4.50. The summed E-state index contributed by atoms with van der Waals surface area (Å²) in [6, 6.07) is 7.73. The van der Waals surface area contributed by atoms with Gasteiger partial charge in [0.05, 0.1) is 11.8 Å². The first kappa shape index (κ1) is 16.2. The van der Waals surface area contributed by atoms with E-state index in [2.05, 4.69) is 21.2 Å². The monoisotopic (exact) mass is 343 g/mol. The molecule has 0 aliphatic heterocycles. The Kier molecular flexibility index (Phi) is 6.72. The zero-order valence-electron chi connectivity index (χ0n) is 10.5. The van der Waals surface area contributed by atoms with Crippen molar-refractivity contribution in [3.05, 3.63) is 35.9 Å². The van der Waals surface area contributed by atoms with Crippen LogP contribution in [0.4, 0.5) is 0 Å². The summed E-state index contributed by atoms with van der Waals surface area (Å²) < 4.78 is 4.96. The van der Waals surface area contributed by atoms with E-state index in [0.717, 1.165) is 5.56 Å². The average molecular weight is 344 g/mol. The summed E-state index contributed by atoms with van der Waals surface area (Å²) in [7, 11) is 0. The summed E-state index contributed by atoms with van der Waals surface area (Å²) in [4.78, 5) is 33.6. The van der Waals surface area contributed by atoms with Crippen LogP contribution in [0.15, 0.2) is 30.3 Å². The average Bonchev–Trinajstić information content (AvgIpc) is 2.45. The molecule has 0 saturated heterocycles. The Morgan fingerprint density at radius 3 is 2.45 bits per heavy atom. The molecule has 0 bridgehead atoms. The molecule has 1 aromatic rings. The molecule has 0 spiro atoms. The number of benzene rings is 1. The highest BCUT2D eigenvalue weighted by Crippen LogP contribution is 2.03. The van der Waals surface area contributed by atoms with Gasteiger partial charge >= 0.3 is 11.9 Å². The number of carboxylic acid groups (broad SMARTS) is 1. The molecule has 20 heavy (non-hydrogen) atoms. The summed E-state index contributed by atoms with van der Waals surface area (Å²) in [5.41, 5.74) is 0.803. The van der Waals surface area contributed by atoms with Crippen LogP contribution in [-0.4, -0.2) is 34.3 Å². The van der Waals surface area contributed by atoms with Gasteiger partial charge in [-0.05, 0) is 5.56 Å². The maximum absolute atomic E-state index is 11.6. The lowest BCUT2D eigenvalue weighted by atomic mass is 10.2. The predicted octanol–water partition coefficient (Wildman–Crippen LogP) is 1.08. The van der Waals surface area contributed by atoms with E-state index >= 15 is 0 Å². The molecule has 0 saturated carbocycles. The van der Waals surface area contributed by atoms with Gasteiger partial charge in [0.2, 0.25) is 5.91 Å². The summed E-state index contributed by atoms with van der Waals surface area (Å²) in [5, 5.41) is 11.1. The van der Waals surface area contributed by atoms with Crippen LogP contribution in [0.1, 0.15) is 12.0 Å². The van der Waals surface area contributed by atoms with Crippen molar-refractivity contribution in [2.75, 3.05) is 5.33 Å². The van der Waals surface area contributed by atoms with Gasteiger partial charge in [0.1, 0.15) is 12.6 Å². The fourth-order valence-electron chi connectivity index (χ4n) is 1.40. The lowest BCUT2D eigenvalue weighted by Crippen LogP contribution is -2.43. The molecule has 0 radical (unpaired) electrons. The van der Waals surface area contributed by atoms with Gasteiger partial charge in [-0.2, -0.15) is 0 Å². The van der Waals surface area contributed by atoms with E-state index in [9.17, 15) is 14.4 Å². The highest BCUT2D eigenvalue weighted by atomic mass is 79.9. The van der Waals surface area contributed by atoms with Crippen molar-refractivity contribution in [1.82, 2.24) is 5.32 Å². The molecule has 108 valence electrons. The molecule has 1 amide bonds. The van der Waals surface area contributed by atoms with Crippen molar-refractivity contribution in [2.45, 2.75) is 19.1 Å². The first-order chi connectivity index (χ1) is 9.52. The molecule has 7 heteroatoms. The van der Waals surface area contributed by atoms with E-state index in [1.54, 1.807) is 24.3 Å². The fraction of sp³-hybridized carbons (Fsp3) is 0.308. The van der Waals surface area contributed by atoms with Gasteiger partial charge in [0.15, 0.2) is 0 Å². The number of alkyl halides is 1. The maximum atomic E-state index is 11.6. The van der Waals surface area contributed by atoms with E-state index < -0.39 is 30.3 Å². The van der Waals surface area contributed by atoms with Crippen LogP contribution in [0.5, 0.6) is 0 Å². The Morgan fingerprint density at radius 2 is 1.90 bits per heavy atom. The van der Waals surface area contributed by atoms with Gasteiger partial charge in [-0.1, -0.05) is 46.3 Å². The number of carbonyl (C=O) groups excluding carboxylic acids is 2. The molecule has 0 aliphatic rings. The van der Waals surface area contributed by atoms with Crippen LogP contribution < -0.4 is 5.32 Å². The van der Waals surface area contributed by atoms with Crippen LogP contribution in [0.3, 0.4) is 0 Å². The normalized spacial score (nSPS) is 11.4. The Hall–Kier alpha value is -1.89. The van der Waals surface area contributed by atoms with E-state index in [4.69, 9.17) is 9.84 Å². The molecule has 0 aliphatic carbocycles. The lowest BCUT2D eigenvalue weighted by Gasteiger charge is -2.13. The first-order valence-electron chi connectivity index (χ1n) is 5.80. The van der Waals surface area contributed by atoms with E-state index in [1.165, 1.54) is 0 Å². The van der Waals surface area contributed by atoms with Crippen molar-refractivity contribution >= 4 is 33.8 Å². The number of esters is 1. The lowest BCUT2D eigenvalue weighted by molar-refractivity contribution is -0.151. The van der Waals surface area contributed by atoms with Gasteiger partial charge in [-0.25, -0.2) is 4.79 Å². The predicted molar refractivity (Wildman–Crippen MR) is 74.2 cm³/mol. The molecule has 1 atom stereocenters. The number of ether oxygens (including phenoxy) is 1. The second kappa shape index (κ2) is 8.31. The quantitative estimate of drug-likeness (QED) is 0.571. The smallest absolute Gasteiger partial charge is 0.326 e. The number of halogens is 1. The molecular weight excluding hydrogens is 330 g/mol. The molecule has 0 heterocycles. The number of nitrogens with one attached hydrogen (secondary N) is 1. The highest BCUT2D eigenvalue weighted by molar-refractivity contribution is 9.09. The summed E-state index contributed by atoms with van der Waals surface area (Å²) in [6.45, 7) is 0.0679. The Bertz CT molecular complexity index is 477. The van der Waals surface area contributed by atoms with Crippen LogP contribution in [0, 0.1) is 0 Å². The third-order valence-electron chi connectivity index (χ3n) is 2.37. The minimum atomic E-state index is -1.29. The van der Waals surface area contributed by atoms with Crippen LogP contribution in [0.2, 0.25) is 0 Å². The highest BCUT2D eigenvalue weighted by Gasteiger charge is 2.23. The summed E-state index contributed by atoms with van der Waals surface area (Å²) in [6.07, 6.45) is -0.416. The van der Waals surface area contributed by atoms with E-state index in [1.807, 2.05) is 6.07 Å². The minimum Gasteiger partial charge on any atom is -0.480 e. The molecule has 0 unspecified atom stereocenters. The molecule has 1 aromatic carbocycles. The first-order valence-corrected chi connectivity index (χ1v) is 6.92. The van der Waals surface area contributed by atoms with E-state index in [0.29, 0.717) is 0 Å². The number of rotatable bonds is 7. The van der Waals surface area contributed by atoms with Crippen molar-refractivity contribution in [2.24, 2.45) is 0 Å². The fourth-order valence-corrected chi connectivity index (χ4v) is 1.56. The van der Waals surface area contributed by atoms with Gasteiger partial charge in [0.25, 0.3) is 0 Å². The third-order valence-corrected chi connectivity index (χ3v) is 2.88. The molecule has 0 fully saturated rings. The van der Waals surface area contributed by atoms with Crippen molar-refractivity contribution in [3.63, 3.8) is 0 Å². The number of aliphatic carboxylic acids is 1. The van der Waals surface area contributed by atoms with Crippen LogP contribution in [0.25, 0.3) is 0 Å². The molecule has 1 rings (SSSR count). The summed E-state index contributed by atoms with van der Waals surface area (Å²) >= 11 is 2.90. The van der Waals surface area contributed by atoms with Gasteiger partial charge in [-0.3, -0.25) is 9.59 Å². The second-order valence-electron chi connectivity index (χ2n) is 3.94. The number of amides is 1. The van der Waals surface area contributed by atoms with Crippen molar-refractivity contribution in [1.29, 1.82) is 0 Å². The van der Waals surface area contributed by atoms with Crippen LogP contribution in [-0.2, 0) is 25.7 Å². The topological polar surface area (TPSA) is 92.7 Å². The van der Waals surface area contributed by atoms with Gasteiger partial charge in [-0.15, -0.1) is 0 Å². The molecule has 2 N–H and O–H groups in total. The largest absolute Gasteiger partial charge is 0.480 e. The standard InChI is InChI=1S/C13H14BrNO5/c14-7-11(16)15-10(13(18)19)6-12(17)20-8-9-4-2-1-3-5-9/h1-5,10H,6-8H2,(H,15,16)(H,18,19)/t10-/m0/s1. The Balaban J connectivity index is 2.46. The number of hydrogen-bond donors (Lipinski definition) is 2. The number of carbonyl (C=O) groups is 3. The van der Waals surface area contributed by atoms with E-state index in [-0.39, 0.29) is 11.9 Å². The SMILES string of the molecule is O=C(CBr)N[C@@H](CC(=O)OCc1ccccc1)C(=O)O. The van der Waals surface area contributed by atoms with Crippen molar-refractivity contribution in [3.8, 4) is 0 Å². The number of carboxylic acids is 1. The van der Waals surface area contributed by atoms with Gasteiger partial charge in [0, 0.05) is 0 Å². The zero-order chi connectivity index (χ0) is 15.0. The third kappa shape index (κ3) is 5.83. The Labute approximate surface area is 124 Å². The van der Waals surface area contributed by atoms with Crippen molar-refractivity contribution < 1.29 is 24.2 Å². The summed E-state index contributed by atoms with van der Waals surface area (Å²) in [5.74, 6) is -2.47. The molecular formula is C13H14BrNO5. The molecule has 0 aromatic heterocycles. The molecule has 6 nitrogen and oxygen atoms in total. The minimum absolute atomic E-state index is 0.0319. The van der Waals surface area contributed by atoms with Crippen LogP contribution >= 0.6 is 15.9 Å². The zero-order valence-corrected chi connectivity index (χ0v) is 12.1. The maximum Gasteiger partial charge on any atom is 0.326 e. The Morgan fingerprint density at radius 1 is 1.25 bits per heavy atom. The number of hydrogen-bond acceptors (Lipinski definition) is 4.